The quantitative estimate of drug-likeness (QED) is 0.122. The molecule has 5 rings (SSSR count). The van der Waals surface area contributed by atoms with Crippen molar-refractivity contribution >= 4 is 41.6 Å². The van der Waals surface area contributed by atoms with Gasteiger partial charge in [-0.1, -0.05) is 72.8 Å². The number of carbonyl (C=O) groups is 1. The van der Waals surface area contributed by atoms with Crippen molar-refractivity contribution in [2.75, 3.05) is 11.4 Å². The number of anilines is 1. The predicted octanol–water partition coefficient (Wildman–Crippen LogP) is 10.4. The van der Waals surface area contributed by atoms with Gasteiger partial charge in [-0.3, -0.25) is 9.69 Å². The van der Waals surface area contributed by atoms with Crippen molar-refractivity contribution < 1.29 is 34.6 Å². The Morgan fingerprint density at radius 3 is 1.95 bits per heavy atom. The first-order valence-corrected chi connectivity index (χ1v) is 15.3. The van der Waals surface area contributed by atoms with Crippen LogP contribution in [0.4, 0.5) is 36.6 Å². The summed E-state index contributed by atoms with van der Waals surface area (Å²) in [5, 5.41) is 2.54. The molecule has 10 heteroatoms. The van der Waals surface area contributed by atoms with Crippen LogP contribution in [0, 0.1) is 0 Å². The molecular weight excluding hydrogens is 573 g/mol. The molecule has 3 nitrogen and oxygen atoms in total. The van der Waals surface area contributed by atoms with Gasteiger partial charge in [-0.15, -0.1) is 0 Å². The number of amides is 1. The minimum atomic E-state index is -10.7. The van der Waals surface area contributed by atoms with Crippen molar-refractivity contribution in [1.82, 2.24) is 0 Å². The van der Waals surface area contributed by atoms with Crippen LogP contribution >= 0.6 is 7.81 Å². The number of para-hydroxylation sites is 1. The average molecular weight is 605 g/mol. The normalized spacial score (nSPS) is 18.2. The summed E-state index contributed by atoms with van der Waals surface area (Å²) < 4.78 is 61.6. The summed E-state index contributed by atoms with van der Waals surface area (Å²) in [5.41, 5.74) is 5.71. The third kappa shape index (κ3) is 7.65. The maximum atomic E-state index is 12.6. The molecule has 0 N–H and O–H groups in total. The molecule has 4 aromatic rings. The van der Waals surface area contributed by atoms with Crippen molar-refractivity contribution in [3.63, 3.8) is 0 Å². The summed E-state index contributed by atoms with van der Waals surface area (Å²) in [6, 6.07) is 33.7. The number of fused-ring (bicyclic) bond motifs is 3. The van der Waals surface area contributed by atoms with E-state index in [1.54, 1.807) is 11.8 Å². The molecule has 4 aromatic carbocycles. The van der Waals surface area contributed by atoms with Gasteiger partial charge in [0.1, 0.15) is 6.54 Å². The van der Waals surface area contributed by atoms with Crippen molar-refractivity contribution in [2.24, 2.45) is 0 Å². The van der Waals surface area contributed by atoms with Gasteiger partial charge in [-0.25, -0.2) is 0 Å². The van der Waals surface area contributed by atoms with Crippen LogP contribution in [0.2, 0.25) is 0 Å². The van der Waals surface area contributed by atoms with Crippen LogP contribution in [-0.4, -0.2) is 22.7 Å². The predicted molar refractivity (Wildman–Crippen MR) is 159 cm³/mol. The fourth-order valence-electron chi connectivity index (χ4n) is 5.52. The number of hydrogen-bond acceptors (Lipinski definition) is 1. The summed E-state index contributed by atoms with van der Waals surface area (Å²) >= 11 is 0. The topological polar surface area (TPSA) is 23.3 Å². The van der Waals surface area contributed by atoms with E-state index in [1.165, 1.54) is 33.3 Å². The molecule has 0 spiro atoms. The molecule has 1 unspecified atom stereocenters. The summed E-state index contributed by atoms with van der Waals surface area (Å²) in [4.78, 5) is 14.3. The molecule has 0 aliphatic carbocycles. The molecule has 0 saturated carbocycles. The average Bonchev–Trinajstić information content (AvgIpc) is 3.15. The number of rotatable bonds is 6. The molecule has 1 aliphatic heterocycles. The number of hydrogen-bond donors (Lipinski definition) is 0. The zero-order chi connectivity index (χ0) is 30.8. The molecule has 42 heavy (non-hydrogen) atoms. The fraction of sp³-hybridized carbons (Fsp3) is 0.188. The summed E-state index contributed by atoms with van der Waals surface area (Å²) in [5.74, 6) is -0.0122. The second-order valence-electron chi connectivity index (χ2n) is 10.3. The van der Waals surface area contributed by atoms with E-state index in [0.717, 1.165) is 18.7 Å². The van der Waals surface area contributed by atoms with E-state index in [-0.39, 0.29) is 11.3 Å². The van der Waals surface area contributed by atoms with E-state index in [1.807, 2.05) is 36.5 Å². The molecule has 222 valence electrons. The van der Waals surface area contributed by atoms with Crippen LogP contribution < -0.4 is 4.90 Å². The molecule has 1 aliphatic rings. The minimum absolute atomic E-state index is 0.0122. The first kappa shape index (κ1) is 31.0. The van der Waals surface area contributed by atoms with Crippen molar-refractivity contribution in [2.45, 2.75) is 32.6 Å². The standard InChI is InChI=1S/C32H31N2O.F6P/c1-4-33-29-20-19-26-15-11-12-18-28(26)31(29)32(3,23-25-13-7-5-8-14-25)30(33)21-22-34(24(2)35)27-16-9-6-10-17-27;1-7(2,3,4,5)6/h5-22H,4,23H2,1-3H3;/q+1;-1. The van der Waals surface area contributed by atoms with Gasteiger partial charge >= 0.3 is 33.0 Å². The van der Waals surface area contributed by atoms with Crippen LogP contribution in [0.1, 0.15) is 31.9 Å². The molecule has 0 bridgehead atoms. The molecule has 1 amide bonds. The van der Waals surface area contributed by atoms with Gasteiger partial charge in [-0.2, -0.15) is 4.58 Å². The third-order valence-corrected chi connectivity index (χ3v) is 7.08. The molecule has 0 fully saturated rings. The first-order valence-electron chi connectivity index (χ1n) is 13.3. The van der Waals surface area contributed by atoms with Gasteiger partial charge in [0.05, 0.1) is 5.41 Å². The number of carbonyl (C=O) groups excluding carboxylic acids is 1. The van der Waals surface area contributed by atoms with Gasteiger partial charge in [0.2, 0.25) is 11.6 Å². The fourth-order valence-corrected chi connectivity index (χ4v) is 5.52. The van der Waals surface area contributed by atoms with E-state index in [0.29, 0.717) is 0 Å². The van der Waals surface area contributed by atoms with Gasteiger partial charge in [-0.05, 0) is 54.8 Å². The van der Waals surface area contributed by atoms with Crippen LogP contribution in [0.3, 0.4) is 0 Å². The zero-order valence-electron chi connectivity index (χ0n) is 23.3. The second-order valence-corrected chi connectivity index (χ2v) is 12.2. The summed E-state index contributed by atoms with van der Waals surface area (Å²) in [6.45, 7) is 7.00. The van der Waals surface area contributed by atoms with Crippen molar-refractivity contribution in [1.29, 1.82) is 0 Å². The number of nitrogens with zero attached hydrogens (tertiary/aromatic N) is 2. The van der Waals surface area contributed by atoms with E-state index in [4.69, 9.17) is 0 Å². The maximum absolute atomic E-state index is 12.6. The van der Waals surface area contributed by atoms with Gasteiger partial charge in [0.25, 0.3) is 0 Å². The Morgan fingerprint density at radius 2 is 1.38 bits per heavy atom. The van der Waals surface area contributed by atoms with Gasteiger partial charge in [0.15, 0.2) is 5.71 Å². The SMILES string of the molecule is CC[N+]1=C(/C=C/N(C(C)=O)c2ccccc2)C(C)(Cc2ccccc2)c2c1ccc1ccccc21.F[P-](F)(F)(F)(F)F. The summed E-state index contributed by atoms with van der Waals surface area (Å²) in [6.07, 6.45) is 4.96. The van der Waals surface area contributed by atoms with E-state index in [2.05, 4.69) is 91.2 Å². The molecule has 0 saturated heterocycles. The molecule has 1 heterocycles. The van der Waals surface area contributed by atoms with Crippen LogP contribution in [-0.2, 0) is 16.6 Å². The Kier molecular flexibility index (Phi) is 7.89. The Hall–Kier alpha value is -3.97. The Labute approximate surface area is 240 Å². The van der Waals surface area contributed by atoms with Crippen molar-refractivity contribution in [3.8, 4) is 0 Å². The monoisotopic (exact) mass is 604 g/mol. The summed E-state index contributed by atoms with van der Waals surface area (Å²) in [7, 11) is -10.7. The molecule has 0 aromatic heterocycles. The Bertz CT molecular complexity index is 1660. The van der Waals surface area contributed by atoms with Crippen molar-refractivity contribution in [3.05, 3.63) is 120 Å². The number of halogens is 6. The first-order chi connectivity index (χ1) is 19.5. The van der Waals surface area contributed by atoms with Crippen LogP contribution in [0.5, 0.6) is 0 Å². The number of benzene rings is 4. The van der Waals surface area contributed by atoms with E-state index in [9.17, 15) is 30.0 Å². The van der Waals surface area contributed by atoms with Gasteiger partial charge in [0, 0.05) is 36.5 Å². The number of allylic oxidation sites excluding steroid dienone is 1. The third-order valence-electron chi connectivity index (χ3n) is 7.08. The Balaban J connectivity index is 0.000000517. The van der Waals surface area contributed by atoms with E-state index >= 15 is 0 Å². The second kappa shape index (κ2) is 10.7. The van der Waals surface area contributed by atoms with Crippen LogP contribution in [0.25, 0.3) is 10.8 Å². The molecular formula is C32H31F6N2OP. The van der Waals surface area contributed by atoms with Gasteiger partial charge < -0.3 is 0 Å². The molecule has 0 radical (unpaired) electrons. The van der Waals surface area contributed by atoms with E-state index < -0.39 is 7.81 Å². The Morgan fingerprint density at radius 1 is 0.833 bits per heavy atom. The zero-order valence-corrected chi connectivity index (χ0v) is 24.2. The van der Waals surface area contributed by atoms with Crippen LogP contribution in [0.15, 0.2) is 109 Å². The molecule has 1 atom stereocenters.